The van der Waals surface area contributed by atoms with Gasteiger partial charge in [0.25, 0.3) is 0 Å². The first kappa shape index (κ1) is 11.2. The van der Waals surface area contributed by atoms with E-state index in [0.717, 1.165) is 30.6 Å². The summed E-state index contributed by atoms with van der Waals surface area (Å²) in [4.78, 5) is 11.5. The van der Waals surface area contributed by atoms with Crippen molar-refractivity contribution in [1.82, 2.24) is 0 Å². The van der Waals surface area contributed by atoms with E-state index in [1.54, 1.807) is 0 Å². The van der Waals surface area contributed by atoms with Gasteiger partial charge in [-0.05, 0) is 49.9 Å². The van der Waals surface area contributed by atoms with Crippen LogP contribution >= 0.6 is 0 Å². The topological polar surface area (TPSA) is 17.1 Å². The van der Waals surface area contributed by atoms with E-state index >= 15 is 0 Å². The maximum absolute atomic E-state index is 11.5. The minimum atomic E-state index is 0.241. The fraction of sp³-hybridized carbons (Fsp3) is 0.929. The molecular weight excluding hydrogens is 184 g/mol. The molecule has 2 aliphatic carbocycles. The summed E-state index contributed by atoms with van der Waals surface area (Å²) in [6.07, 6.45) is 9.24. The maximum Gasteiger partial charge on any atom is 0.135 e. The molecular formula is C14H24O. The summed E-state index contributed by atoms with van der Waals surface area (Å²) in [6.45, 7) is 4.03. The molecule has 0 amide bonds. The lowest BCUT2D eigenvalue weighted by molar-refractivity contribution is -0.122. The number of carbonyl (C=O) groups is 1. The molecule has 0 heterocycles. The van der Waals surface area contributed by atoms with Crippen molar-refractivity contribution in [3.05, 3.63) is 0 Å². The molecule has 1 heteroatoms. The molecule has 0 N–H and O–H groups in total. The van der Waals surface area contributed by atoms with Gasteiger partial charge >= 0.3 is 0 Å². The van der Waals surface area contributed by atoms with Crippen molar-refractivity contribution >= 4 is 5.78 Å². The second kappa shape index (κ2) is 4.67. The van der Waals surface area contributed by atoms with Gasteiger partial charge in [-0.15, -0.1) is 0 Å². The Morgan fingerprint density at radius 2 is 2.07 bits per heavy atom. The van der Waals surface area contributed by atoms with Crippen molar-refractivity contribution in [3.8, 4) is 0 Å². The number of fused-ring (bicyclic) bond motifs is 2. The van der Waals surface area contributed by atoms with E-state index in [1.807, 2.05) is 13.8 Å². The van der Waals surface area contributed by atoms with Crippen LogP contribution in [0, 0.1) is 23.7 Å². The van der Waals surface area contributed by atoms with E-state index in [0.29, 0.717) is 5.78 Å². The minimum absolute atomic E-state index is 0.241. The predicted octanol–water partition coefficient (Wildman–Crippen LogP) is 3.82. The summed E-state index contributed by atoms with van der Waals surface area (Å²) >= 11 is 0. The molecule has 2 fully saturated rings. The lowest BCUT2D eigenvalue weighted by atomic mass is 9.84. The van der Waals surface area contributed by atoms with Crippen molar-refractivity contribution < 1.29 is 4.79 Å². The quantitative estimate of drug-likeness (QED) is 0.671. The second-order valence-electron chi connectivity index (χ2n) is 5.95. The molecule has 0 saturated heterocycles. The Hall–Kier alpha value is -0.330. The van der Waals surface area contributed by atoms with Gasteiger partial charge in [0.1, 0.15) is 5.78 Å². The summed E-state index contributed by atoms with van der Waals surface area (Å²) in [7, 11) is 0. The molecule has 0 aromatic heterocycles. The number of Topliss-reactive ketones (excluding diaryl/α,β-unsaturated/α-hetero) is 1. The maximum atomic E-state index is 11.5. The first-order valence-electron chi connectivity index (χ1n) is 6.69. The van der Waals surface area contributed by atoms with Crippen LogP contribution in [0.1, 0.15) is 58.8 Å². The van der Waals surface area contributed by atoms with Crippen molar-refractivity contribution in [2.75, 3.05) is 0 Å². The van der Waals surface area contributed by atoms with Crippen molar-refractivity contribution in [2.24, 2.45) is 23.7 Å². The van der Waals surface area contributed by atoms with Gasteiger partial charge in [-0.1, -0.05) is 20.3 Å². The van der Waals surface area contributed by atoms with Crippen LogP contribution in [0.2, 0.25) is 0 Å². The molecule has 0 spiro atoms. The van der Waals surface area contributed by atoms with Gasteiger partial charge < -0.3 is 0 Å². The molecule has 2 saturated carbocycles. The molecule has 0 radical (unpaired) electrons. The van der Waals surface area contributed by atoms with E-state index < -0.39 is 0 Å². The summed E-state index contributed by atoms with van der Waals surface area (Å²) in [6, 6.07) is 0. The number of carbonyl (C=O) groups excluding carboxylic acids is 1. The fourth-order valence-corrected chi connectivity index (χ4v) is 3.56. The van der Waals surface area contributed by atoms with E-state index in [2.05, 4.69) is 0 Å². The largest absolute Gasteiger partial charge is 0.299 e. The molecule has 0 aliphatic heterocycles. The zero-order chi connectivity index (χ0) is 10.8. The zero-order valence-electron chi connectivity index (χ0n) is 10.2. The predicted molar refractivity (Wildman–Crippen MR) is 62.6 cm³/mol. The highest BCUT2D eigenvalue weighted by Gasteiger charge is 2.38. The number of hydrogen-bond donors (Lipinski definition) is 0. The summed E-state index contributed by atoms with van der Waals surface area (Å²) in [5, 5.41) is 0. The molecule has 86 valence electrons. The smallest absolute Gasteiger partial charge is 0.135 e. The second-order valence-corrected chi connectivity index (χ2v) is 5.95. The van der Waals surface area contributed by atoms with Gasteiger partial charge in [-0.25, -0.2) is 0 Å². The summed E-state index contributed by atoms with van der Waals surface area (Å²) in [5.74, 6) is 3.76. The lowest BCUT2D eigenvalue weighted by Gasteiger charge is -2.21. The molecule has 0 aromatic carbocycles. The van der Waals surface area contributed by atoms with Crippen molar-refractivity contribution in [2.45, 2.75) is 58.8 Å². The Balaban J connectivity index is 1.65. The van der Waals surface area contributed by atoms with E-state index in [4.69, 9.17) is 0 Å². The molecule has 2 rings (SSSR count). The normalized spacial score (nSPS) is 33.9. The van der Waals surface area contributed by atoms with E-state index in [9.17, 15) is 4.79 Å². The van der Waals surface area contributed by atoms with Gasteiger partial charge in [-0.3, -0.25) is 4.79 Å². The third-order valence-electron chi connectivity index (χ3n) is 4.53. The molecule has 1 nitrogen and oxygen atoms in total. The van der Waals surface area contributed by atoms with Crippen molar-refractivity contribution in [1.29, 1.82) is 0 Å². The highest BCUT2D eigenvalue weighted by Crippen LogP contribution is 2.49. The number of ketones is 1. The van der Waals surface area contributed by atoms with Crippen LogP contribution in [0.25, 0.3) is 0 Å². The van der Waals surface area contributed by atoms with Gasteiger partial charge in [-0.2, -0.15) is 0 Å². The average molecular weight is 208 g/mol. The van der Waals surface area contributed by atoms with Gasteiger partial charge in [0, 0.05) is 12.3 Å². The molecule has 2 bridgehead atoms. The molecule has 0 aromatic rings. The fourth-order valence-electron chi connectivity index (χ4n) is 3.56. The standard InChI is InChI=1S/C14H24O/c1-10(2)14(15)5-3-4-12-8-11-6-7-13(12)9-11/h10-13H,3-9H2,1-2H3. The highest BCUT2D eigenvalue weighted by atomic mass is 16.1. The summed E-state index contributed by atoms with van der Waals surface area (Å²) < 4.78 is 0. The summed E-state index contributed by atoms with van der Waals surface area (Å²) in [5.41, 5.74) is 0. The number of rotatable bonds is 5. The molecule has 3 atom stereocenters. The highest BCUT2D eigenvalue weighted by molar-refractivity contribution is 5.80. The minimum Gasteiger partial charge on any atom is -0.299 e. The monoisotopic (exact) mass is 208 g/mol. The molecule has 3 unspecified atom stereocenters. The molecule has 15 heavy (non-hydrogen) atoms. The Labute approximate surface area is 93.6 Å². The Morgan fingerprint density at radius 3 is 2.60 bits per heavy atom. The van der Waals surface area contributed by atoms with Crippen LogP contribution in [0.15, 0.2) is 0 Å². The van der Waals surface area contributed by atoms with Crippen LogP contribution in [-0.2, 0) is 4.79 Å². The van der Waals surface area contributed by atoms with Crippen molar-refractivity contribution in [3.63, 3.8) is 0 Å². The van der Waals surface area contributed by atoms with Gasteiger partial charge in [0.05, 0.1) is 0 Å². The van der Waals surface area contributed by atoms with E-state index in [-0.39, 0.29) is 5.92 Å². The Bertz CT molecular complexity index is 231. The van der Waals surface area contributed by atoms with Gasteiger partial charge in [0.15, 0.2) is 0 Å². The Kier molecular flexibility index (Phi) is 3.48. The average Bonchev–Trinajstić information content (AvgIpc) is 2.78. The first-order chi connectivity index (χ1) is 7.16. The molecule has 2 aliphatic rings. The Morgan fingerprint density at radius 1 is 1.27 bits per heavy atom. The van der Waals surface area contributed by atoms with Crippen LogP contribution in [0.5, 0.6) is 0 Å². The SMILES string of the molecule is CC(C)C(=O)CCCC1CC2CCC1C2. The van der Waals surface area contributed by atoms with Crippen LogP contribution in [-0.4, -0.2) is 5.78 Å². The first-order valence-corrected chi connectivity index (χ1v) is 6.69. The zero-order valence-corrected chi connectivity index (χ0v) is 10.2. The van der Waals surface area contributed by atoms with Gasteiger partial charge in [0.2, 0.25) is 0 Å². The third-order valence-corrected chi connectivity index (χ3v) is 4.53. The lowest BCUT2D eigenvalue weighted by Crippen LogP contribution is -2.12. The number of hydrogen-bond acceptors (Lipinski definition) is 1. The van der Waals surface area contributed by atoms with E-state index in [1.165, 1.54) is 32.1 Å². The van der Waals surface area contributed by atoms with Crippen LogP contribution in [0.4, 0.5) is 0 Å². The van der Waals surface area contributed by atoms with Crippen LogP contribution < -0.4 is 0 Å². The van der Waals surface area contributed by atoms with Crippen LogP contribution in [0.3, 0.4) is 0 Å². The third kappa shape index (κ3) is 2.62.